The molecular formula is C25H24N2O5. The third-order valence-electron chi connectivity index (χ3n) is 6.24. The van der Waals surface area contributed by atoms with Crippen molar-refractivity contribution >= 4 is 11.7 Å². The second-order valence-corrected chi connectivity index (χ2v) is 8.24. The minimum atomic E-state index is -0.361. The highest BCUT2D eigenvalue weighted by atomic mass is 16.5. The Labute approximate surface area is 185 Å². The van der Waals surface area contributed by atoms with Crippen LogP contribution >= 0.6 is 0 Å². The number of anilines is 1. The summed E-state index contributed by atoms with van der Waals surface area (Å²) < 4.78 is 11.1. The molecule has 1 aliphatic carbocycles. The van der Waals surface area contributed by atoms with Crippen molar-refractivity contribution in [3.63, 3.8) is 0 Å². The maximum atomic E-state index is 13.5. The van der Waals surface area contributed by atoms with Crippen LogP contribution in [0.15, 0.2) is 58.3 Å². The van der Waals surface area contributed by atoms with E-state index in [4.69, 9.17) is 9.26 Å². The zero-order chi connectivity index (χ0) is 22.4. The molecule has 1 aromatic heterocycles. The summed E-state index contributed by atoms with van der Waals surface area (Å²) >= 11 is 0. The highest BCUT2D eigenvalue weighted by Crippen LogP contribution is 2.50. The number of hydrogen-bond acceptors (Lipinski definition) is 7. The first-order valence-electron chi connectivity index (χ1n) is 10.7. The molecule has 2 heterocycles. The maximum Gasteiger partial charge on any atom is 0.233 e. The van der Waals surface area contributed by atoms with E-state index in [-0.39, 0.29) is 29.1 Å². The number of aryl methyl sites for hydroxylation is 1. The molecule has 0 radical (unpaired) electrons. The van der Waals surface area contributed by atoms with Crippen LogP contribution in [-0.2, 0) is 4.79 Å². The van der Waals surface area contributed by atoms with Gasteiger partial charge in [-0.15, -0.1) is 0 Å². The Hall–Kier alpha value is -3.74. The summed E-state index contributed by atoms with van der Waals surface area (Å²) in [6, 6.07) is 12.2. The summed E-state index contributed by atoms with van der Waals surface area (Å²) in [7, 11) is 0. The molecular weight excluding hydrogens is 408 g/mol. The van der Waals surface area contributed by atoms with Crippen molar-refractivity contribution < 1.29 is 24.3 Å². The fourth-order valence-electron chi connectivity index (χ4n) is 4.77. The number of benzene rings is 2. The lowest BCUT2D eigenvalue weighted by Crippen LogP contribution is -2.29. The van der Waals surface area contributed by atoms with Crippen molar-refractivity contribution in [3.05, 3.63) is 76.1 Å². The highest BCUT2D eigenvalue weighted by molar-refractivity contribution is 6.01. The number of fused-ring (bicyclic) bond motifs is 1. The van der Waals surface area contributed by atoms with Crippen molar-refractivity contribution in [2.45, 2.75) is 38.5 Å². The molecule has 164 valence electrons. The largest absolute Gasteiger partial charge is 0.508 e. The van der Waals surface area contributed by atoms with Gasteiger partial charge in [0, 0.05) is 23.6 Å². The number of aromatic hydroxyl groups is 2. The fourth-order valence-corrected chi connectivity index (χ4v) is 4.77. The van der Waals surface area contributed by atoms with Gasteiger partial charge in [-0.2, -0.15) is 0 Å². The van der Waals surface area contributed by atoms with Crippen molar-refractivity contribution in [2.75, 3.05) is 11.9 Å². The molecule has 5 rings (SSSR count). The third kappa shape index (κ3) is 3.30. The number of rotatable bonds is 4. The topological polar surface area (TPSA) is 105 Å². The Kier molecular flexibility index (Phi) is 4.89. The first-order valence-corrected chi connectivity index (χ1v) is 10.7. The lowest BCUT2D eigenvalue weighted by molar-refractivity contribution is -0.116. The molecule has 3 aromatic rings. The molecule has 0 amide bonds. The van der Waals surface area contributed by atoms with Gasteiger partial charge in [0.15, 0.2) is 17.3 Å². The Morgan fingerprint density at radius 3 is 2.62 bits per heavy atom. The van der Waals surface area contributed by atoms with Crippen LogP contribution in [0.3, 0.4) is 0 Å². The van der Waals surface area contributed by atoms with Crippen molar-refractivity contribution in [1.29, 1.82) is 0 Å². The van der Waals surface area contributed by atoms with Gasteiger partial charge in [0.25, 0.3) is 0 Å². The summed E-state index contributed by atoms with van der Waals surface area (Å²) in [4.78, 5) is 13.5. The molecule has 3 N–H and O–H groups in total. The summed E-state index contributed by atoms with van der Waals surface area (Å²) in [5.74, 6) is 0.872. The van der Waals surface area contributed by atoms with E-state index in [2.05, 4.69) is 10.5 Å². The van der Waals surface area contributed by atoms with E-state index in [1.807, 2.05) is 32.0 Å². The molecule has 32 heavy (non-hydrogen) atoms. The highest BCUT2D eigenvalue weighted by Gasteiger charge is 2.41. The number of allylic oxidation sites excluding steroid dienone is 2. The Balaban J connectivity index is 1.61. The maximum absolute atomic E-state index is 13.5. The molecule has 2 atom stereocenters. The Morgan fingerprint density at radius 2 is 1.88 bits per heavy atom. The van der Waals surface area contributed by atoms with Gasteiger partial charge in [-0.05, 0) is 61.6 Å². The van der Waals surface area contributed by atoms with Gasteiger partial charge in [0.1, 0.15) is 5.75 Å². The fraction of sp³-hybridized carbons (Fsp3) is 0.280. The summed E-state index contributed by atoms with van der Waals surface area (Å²) in [6.07, 6.45) is 1.01. The SMILES string of the molecule is CCOc1cc(C2C3=C(CC(c4ccc(O)cc4)CC3=O)Nc3onc(C)c32)ccc1O. The molecule has 2 unspecified atom stereocenters. The van der Waals surface area contributed by atoms with Crippen LogP contribution in [-0.4, -0.2) is 27.8 Å². The van der Waals surface area contributed by atoms with Crippen LogP contribution in [0, 0.1) is 6.92 Å². The van der Waals surface area contributed by atoms with E-state index in [0.29, 0.717) is 42.3 Å². The van der Waals surface area contributed by atoms with Crippen LogP contribution in [0.2, 0.25) is 0 Å². The molecule has 2 aromatic carbocycles. The van der Waals surface area contributed by atoms with E-state index in [9.17, 15) is 15.0 Å². The Morgan fingerprint density at radius 1 is 1.12 bits per heavy atom. The molecule has 0 fully saturated rings. The number of Topliss-reactive ketones (excluding diaryl/α,β-unsaturated/α-hetero) is 1. The first kappa shape index (κ1) is 20.2. The van der Waals surface area contributed by atoms with Gasteiger partial charge < -0.3 is 24.8 Å². The van der Waals surface area contributed by atoms with Crippen LogP contribution in [0.1, 0.15) is 54.0 Å². The zero-order valence-corrected chi connectivity index (χ0v) is 17.9. The van der Waals surface area contributed by atoms with E-state index in [1.54, 1.807) is 24.3 Å². The van der Waals surface area contributed by atoms with Gasteiger partial charge in [-0.3, -0.25) is 4.79 Å². The van der Waals surface area contributed by atoms with E-state index in [0.717, 1.165) is 22.4 Å². The second-order valence-electron chi connectivity index (χ2n) is 8.24. The molecule has 0 bridgehead atoms. The number of phenolic OH excluding ortho intramolecular Hbond substituents is 2. The number of ketones is 1. The van der Waals surface area contributed by atoms with Gasteiger partial charge >= 0.3 is 0 Å². The van der Waals surface area contributed by atoms with Crippen molar-refractivity contribution in [1.82, 2.24) is 5.16 Å². The van der Waals surface area contributed by atoms with E-state index in [1.165, 1.54) is 0 Å². The van der Waals surface area contributed by atoms with E-state index < -0.39 is 0 Å². The van der Waals surface area contributed by atoms with Crippen LogP contribution in [0.5, 0.6) is 17.2 Å². The minimum Gasteiger partial charge on any atom is -0.508 e. The van der Waals surface area contributed by atoms with Crippen molar-refractivity contribution in [3.8, 4) is 17.2 Å². The van der Waals surface area contributed by atoms with Crippen LogP contribution in [0.25, 0.3) is 0 Å². The Bertz CT molecular complexity index is 1230. The van der Waals surface area contributed by atoms with Crippen LogP contribution < -0.4 is 10.1 Å². The standard InChI is InChI=1S/C25H24N2O5/c1-3-31-21-12-15(6-9-19(21)29)23-22-13(2)27-32-25(22)26-18-10-16(11-20(30)24(18)23)14-4-7-17(28)8-5-14/h4-9,12,16,23,26,28-29H,3,10-11H2,1-2H3. The third-order valence-corrected chi connectivity index (χ3v) is 6.24. The summed E-state index contributed by atoms with van der Waals surface area (Å²) in [5.41, 5.74) is 4.90. The number of carbonyl (C=O) groups is 1. The summed E-state index contributed by atoms with van der Waals surface area (Å²) in [6.45, 7) is 4.13. The van der Waals surface area contributed by atoms with Crippen LogP contribution in [0.4, 0.5) is 5.88 Å². The second kappa shape index (κ2) is 7.75. The molecule has 2 aliphatic rings. The number of ether oxygens (including phenoxy) is 1. The smallest absolute Gasteiger partial charge is 0.233 e. The normalized spacial score (nSPS) is 19.9. The number of phenols is 2. The van der Waals surface area contributed by atoms with Gasteiger partial charge in [-0.1, -0.05) is 23.4 Å². The number of nitrogens with one attached hydrogen (secondary N) is 1. The van der Waals surface area contributed by atoms with Gasteiger partial charge in [0.05, 0.1) is 17.9 Å². The predicted molar refractivity (Wildman–Crippen MR) is 118 cm³/mol. The zero-order valence-electron chi connectivity index (χ0n) is 17.9. The quantitative estimate of drug-likeness (QED) is 0.546. The number of aromatic nitrogens is 1. The number of nitrogens with zero attached hydrogens (tertiary/aromatic N) is 1. The monoisotopic (exact) mass is 432 g/mol. The molecule has 0 spiro atoms. The average molecular weight is 432 g/mol. The van der Waals surface area contributed by atoms with Gasteiger partial charge in [0.2, 0.25) is 5.88 Å². The first-order chi connectivity index (χ1) is 15.5. The van der Waals surface area contributed by atoms with Crippen molar-refractivity contribution in [2.24, 2.45) is 0 Å². The van der Waals surface area contributed by atoms with E-state index >= 15 is 0 Å². The molecule has 7 heteroatoms. The lowest BCUT2D eigenvalue weighted by atomic mass is 9.72. The number of hydrogen-bond donors (Lipinski definition) is 3. The minimum absolute atomic E-state index is 0.000582. The summed E-state index contributed by atoms with van der Waals surface area (Å²) in [5, 5.41) is 27.2. The average Bonchev–Trinajstić information content (AvgIpc) is 3.15. The molecule has 0 saturated heterocycles. The molecule has 1 aliphatic heterocycles. The number of carbonyl (C=O) groups excluding carboxylic acids is 1. The lowest BCUT2D eigenvalue weighted by Gasteiger charge is -2.34. The molecule has 7 nitrogen and oxygen atoms in total. The van der Waals surface area contributed by atoms with Gasteiger partial charge in [-0.25, -0.2) is 0 Å². The molecule has 0 saturated carbocycles. The predicted octanol–water partition coefficient (Wildman–Crippen LogP) is 4.75.